The fourth-order valence-electron chi connectivity index (χ4n) is 2.23. The van der Waals surface area contributed by atoms with Crippen molar-refractivity contribution in [2.75, 3.05) is 33.4 Å². The van der Waals surface area contributed by atoms with E-state index in [1.54, 1.807) is 18.9 Å². The molecular formula is C17H27NO4. The standard InChI is InChI=1S/C17H27NO4/c1-6-21-16(20)10-18(5)9-15(19)11-22-17-13(3)8-7-12(2)14(17)4/h7-8,15,19H,6,9-11H2,1-5H3. The van der Waals surface area contributed by atoms with E-state index in [1.165, 1.54) is 0 Å². The van der Waals surface area contributed by atoms with Gasteiger partial charge in [0.15, 0.2) is 0 Å². The van der Waals surface area contributed by atoms with Gasteiger partial charge in [-0.2, -0.15) is 0 Å². The Morgan fingerprint density at radius 2 is 1.91 bits per heavy atom. The molecule has 1 N–H and O–H groups in total. The Morgan fingerprint density at radius 1 is 1.27 bits per heavy atom. The van der Waals surface area contributed by atoms with Gasteiger partial charge in [0, 0.05) is 6.54 Å². The summed E-state index contributed by atoms with van der Waals surface area (Å²) in [5.74, 6) is 0.538. The number of aliphatic hydroxyl groups is 1. The van der Waals surface area contributed by atoms with E-state index in [-0.39, 0.29) is 19.1 Å². The second-order valence-corrected chi connectivity index (χ2v) is 5.62. The van der Waals surface area contributed by atoms with Crippen molar-refractivity contribution in [3.8, 4) is 5.75 Å². The van der Waals surface area contributed by atoms with Crippen molar-refractivity contribution >= 4 is 5.97 Å². The Labute approximate surface area is 132 Å². The van der Waals surface area contributed by atoms with Crippen LogP contribution >= 0.6 is 0 Å². The number of esters is 1. The van der Waals surface area contributed by atoms with Gasteiger partial charge in [0.25, 0.3) is 0 Å². The molecule has 0 saturated carbocycles. The number of hydrogen-bond acceptors (Lipinski definition) is 5. The highest BCUT2D eigenvalue weighted by molar-refractivity contribution is 5.71. The van der Waals surface area contributed by atoms with Gasteiger partial charge in [-0.25, -0.2) is 0 Å². The molecule has 0 radical (unpaired) electrons. The lowest BCUT2D eigenvalue weighted by Crippen LogP contribution is -2.36. The minimum Gasteiger partial charge on any atom is -0.490 e. The van der Waals surface area contributed by atoms with Gasteiger partial charge in [-0.1, -0.05) is 12.1 Å². The highest BCUT2D eigenvalue weighted by Gasteiger charge is 2.14. The van der Waals surface area contributed by atoms with Crippen LogP contribution in [0.4, 0.5) is 0 Å². The third kappa shape index (κ3) is 5.66. The largest absolute Gasteiger partial charge is 0.490 e. The lowest BCUT2D eigenvalue weighted by Gasteiger charge is -2.21. The van der Waals surface area contributed by atoms with Crippen molar-refractivity contribution in [2.24, 2.45) is 0 Å². The normalized spacial score (nSPS) is 12.3. The van der Waals surface area contributed by atoms with Crippen LogP contribution < -0.4 is 4.74 Å². The van der Waals surface area contributed by atoms with Gasteiger partial charge in [0.1, 0.15) is 18.5 Å². The number of nitrogens with zero attached hydrogens (tertiary/aromatic N) is 1. The average Bonchev–Trinajstić information content (AvgIpc) is 2.43. The number of hydrogen-bond donors (Lipinski definition) is 1. The molecule has 0 aliphatic carbocycles. The SMILES string of the molecule is CCOC(=O)CN(C)CC(O)COc1c(C)ccc(C)c1C. The first-order chi connectivity index (χ1) is 10.3. The molecule has 5 nitrogen and oxygen atoms in total. The third-order valence-electron chi connectivity index (χ3n) is 3.52. The van der Waals surface area contributed by atoms with Crippen molar-refractivity contribution in [3.05, 3.63) is 28.8 Å². The van der Waals surface area contributed by atoms with Crippen LogP contribution in [0.5, 0.6) is 5.75 Å². The number of aliphatic hydroxyl groups excluding tert-OH is 1. The maximum Gasteiger partial charge on any atom is 0.320 e. The predicted octanol–water partition coefficient (Wildman–Crippen LogP) is 1.85. The first-order valence-corrected chi connectivity index (χ1v) is 7.57. The number of likely N-dealkylation sites (N-methyl/N-ethyl adjacent to an activating group) is 1. The minimum atomic E-state index is -0.668. The summed E-state index contributed by atoms with van der Waals surface area (Å²) < 4.78 is 10.6. The van der Waals surface area contributed by atoms with E-state index in [1.807, 2.05) is 26.8 Å². The van der Waals surface area contributed by atoms with Crippen LogP contribution in [-0.2, 0) is 9.53 Å². The molecule has 0 bridgehead atoms. The van der Waals surface area contributed by atoms with Crippen molar-refractivity contribution in [1.82, 2.24) is 4.90 Å². The van der Waals surface area contributed by atoms with E-state index in [4.69, 9.17) is 9.47 Å². The molecule has 0 heterocycles. The fourth-order valence-corrected chi connectivity index (χ4v) is 2.23. The maximum absolute atomic E-state index is 11.4. The second kappa shape index (κ2) is 8.76. The topological polar surface area (TPSA) is 59.0 Å². The molecule has 1 aromatic carbocycles. The van der Waals surface area contributed by atoms with Gasteiger partial charge in [-0.15, -0.1) is 0 Å². The summed E-state index contributed by atoms with van der Waals surface area (Å²) >= 11 is 0. The number of benzene rings is 1. The smallest absolute Gasteiger partial charge is 0.320 e. The van der Waals surface area contributed by atoms with Crippen LogP contribution in [0.25, 0.3) is 0 Å². The van der Waals surface area contributed by atoms with Gasteiger partial charge in [-0.05, 0) is 51.4 Å². The van der Waals surface area contributed by atoms with Gasteiger partial charge in [-0.3, -0.25) is 9.69 Å². The van der Waals surface area contributed by atoms with Crippen molar-refractivity contribution in [3.63, 3.8) is 0 Å². The average molecular weight is 309 g/mol. The van der Waals surface area contributed by atoms with Crippen molar-refractivity contribution in [2.45, 2.75) is 33.8 Å². The summed E-state index contributed by atoms with van der Waals surface area (Å²) in [7, 11) is 1.77. The highest BCUT2D eigenvalue weighted by atomic mass is 16.5. The van der Waals surface area contributed by atoms with Crippen LogP contribution in [0, 0.1) is 20.8 Å². The van der Waals surface area contributed by atoms with E-state index >= 15 is 0 Å². The van der Waals surface area contributed by atoms with Gasteiger partial charge in [0.2, 0.25) is 0 Å². The lowest BCUT2D eigenvalue weighted by atomic mass is 10.1. The number of carbonyl (C=O) groups is 1. The van der Waals surface area contributed by atoms with Crippen LogP contribution in [0.15, 0.2) is 12.1 Å². The molecule has 1 aromatic rings. The van der Waals surface area contributed by atoms with E-state index in [0.717, 1.165) is 22.4 Å². The summed E-state index contributed by atoms with van der Waals surface area (Å²) in [6, 6.07) is 4.07. The zero-order valence-corrected chi connectivity index (χ0v) is 14.2. The molecule has 1 atom stereocenters. The minimum absolute atomic E-state index is 0.160. The van der Waals surface area contributed by atoms with Crippen molar-refractivity contribution < 1.29 is 19.4 Å². The van der Waals surface area contributed by atoms with Crippen molar-refractivity contribution in [1.29, 1.82) is 0 Å². The molecule has 0 aliphatic rings. The van der Waals surface area contributed by atoms with E-state index in [2.05, 4.69) is 6.07 Å². The van der Waals surface area contributed by atoms with Gasteiger partial charge >= 0.3 is 5.97 Å². The highest BCUT2D eigenvalue weighted by Crippen LogP contribution is 2.25. The Hall–Kier alpha value is -1.59. The zero-order valence-electron chi connectivity index (χ0n) is 14.2. The Balaban J connectivity index is 2.48. The molecule has 0 fully saturated rings. The molecule has 1 unspecified atom stereocenters. The second-order valence-electron chi connectivity index (χ2n) is 5.62. The zero-order chi connectivity index (χ0) is 16.7. The summed E-state index contributed by atoms with van der Waals surface area (Å²) in [4.78, 5) is 13.1. The Kier molecular flexibility index (Phi) is 7.35. The number of aryl methyl sites for hydroxylation is 2. The Bertz CT molecular complexity index is 502. The summed E-state index contributed by atoms with van der Waals surface area (Å²) in [5, 5.41) is 10.1. The molecular weight excluding hydrogens is 282 g/mol. The summed E-state index contributed by atoms with van der Waals surface area (Å²) in [6.07, 6.45) is -0.668. The molecule has 0 amide bonds. The third-order valence-corrected chi connectivity index (χ3v) is 3.52. The molecule has 1 rings (SSSR count). The van der Waals surface area contributed by atoms with E-state index in [0.29, 0.717) is 13.2 Å². The van der Waals surface area contributed by atoms with E-state index in [9.17, 15) is 9.90 Å². The van der Waals surface area contributed by atoms with Crippen LogP contribution in [0.1, 0.15) is 23.6 Å². The number of carbonyl (C=O) groups excluding carboxylic acids is 1. The number of ether oxygens (including phenoxy) is 2. The number of rotatable bonds is 8. The van der Waals surface area contributed by atoms with E-state index < -0.39 is 6.10 Å². The molecule has 0 aliphatic heterocycles. The quantitative estimate of drug-likeness (QED) is 0.743. The summed E-state index contributed by atoms with van der Waals surface area (Å²) in [6.45, 7) is 8.87. The first kappa shape index (κ1) is 18.5. The maximum atomic E-state index is 11.4. The molecule has 5 heteroatoms. The Morgan fingerprint density at radius 3 is 2.55 bits per heavy atom. The molecule has 22 heavy (non-hydrogen) atoms. The predicted molar refractivity (Wildman–Crippen MR) is 86.3 cm³/mol. The first-order valence-electron chi connectivity index (χ1n) is 7.57. The van der Waals surface area contributed by atoms with Gasteiger partial charge in [0.05, 0.1) is 13.2 Å². The lowest BCUT2D eigenvalue weighted by molar-refractivity contribution is -0.144. The molecule has 124 valence electrons. The fraction of sp³-hybridized carbons (Fsp3) is 0.588. The van der Waals surface area contributed by atoms with Crippen LogP contribution in [-0.4, -0.2) is 55.4 Å². The molecule has 0 saturated heterocycles. The van der Waals surface area contributed by atoms with Gasteiger partial charge < -0.3 is 14.6 Å². The monoisotopic (exact) mass is 309 g/mol. The summed E-state index contributed by atoms with van der Waals surface area (Å²) in [5.41, 5.74) is 3.30. The van der Waals surface area contributed by atoms with Crippen LogP contribution in [0.2, 0.25) is 0 Å². The molecule has 0 aromatic heterocycles. The molecule has 0 spiro atoms. The van der Waals surface area contributed by atoms with Crippen LogP contribution in [0.3, 0.4) is 0 Å².